The summed E-state index contributed by atoms with van der Waals surface area (Å²) < 4.78 is 2.15. The number of rotatable bonds is 1. The number of nitrogens with zero attached hydrogens (tertiary/aromatic N) is 2. The van der Waals surface area contributed by atoms with Gasteiger partial charge in [0.15, 0.2) is 0 Å². The summed E-state index contributed by atoms with van der Waals surface area (Å²) in [6, 6.07) is 2.87. The van der Waals surface area contributed by atoms with E-state index in [1.165, 1.54) is 18.5 Å². The third-order valence-corrected chi connectivity index (χ3v) is 1.94. The molecule has 1 aliphatic rings. The highest BCUT2D eigenvalue weighted by Gasteiger charge is 2.25. The lowest BCUT2D eigenvalue weighted by Crippen LogP contribution is -1.97. The zero-order valence-corrected chi connectivity index (χ0v) is 6.46. The van der Waals surface area contributed by atoms with Gasteiger partial charge in [-0.1, -0.05) is 0 Å². The van der Waals surface area contributed by atoms with Gasteiger partial charge in [0, 0.05) is 5.69 Å². The second-order valence-electron chi connectivity index (χ2n) is 3.10. The van der Waals surface area contributed by atoms with E-state index in [1.54, 1.807) is 0 Å². The van der Waals surface area contributed by atoms with Gasteiger partial charge in [0.25, 0.3) is 0 Å². The summed E-state index contributed by atoms with van der Waals surface area (Å²) in [4.78, 5) is 0. The Morgan fingerprint density at radius 1 is 1.50 bits per heavy atom. The van der Waals surface area contributed by atoms with Crippen LogP contribution in [0.2, 0.25) is 0 Å². The summed E-state index contributed by atoms with van der Waals surface area (Å²) >= 11 is 0. The first kappa shape index (κ1) is 5.96. The first-order chi connectivity index (χ1) is 4.77. The van der Waals surface area contributed by atoms with E-state index in [9.17, 15) is 0 Å². The van der Waals surface area contributed by atoms with Crippen LogP contribution >= 0.6 is 0 Å². The molecule has 1 fully saturated rings. The van der Waals surface area contributed by atoms with Gasteiger partial charge in [-0.15, -0.1) is 0 Å². The average molecular weight is 136 g/mol. The molecule has 0 atom stereocenters. The zero-order chi connectivity index (χ0) is 7.14. The van der Waals surface area contributed by atoms with Crippen molar-refractivity contribution in [3.8, 4) is 0 Å². The molecule has 54 valence electrons. The van der Waals surface area contributed by atoms with Crippen molar-refractivity contribution in [1.82, 2.24) is 9.78 Å². The van der Waals surface area contributed by atoms with E-state index in [1.807, 2.05) is 6.92 Å². The SMILES string of the molecule is Cc1cc(C)n(C2CC2)n1. The molecule has 2 nitrogen and oxygen atoms in total. The molecule has 0 aliphatic heterocycles. The van der Waals surface area contributed by atoms with Crippen LogP contribution in [-0.2, 0) is 0 Å². The molecule has 1 aromatic rings. The van der Waals surface area contributed by atoms with Crippen LogP contribution in [0.5, 0.6) is 0 Å². The van der Waals surface area contributed by atoms with Crippen LogP contribution in [0.4, 0.5) is 0 Å². The third kappa shape index (κ3) is 0.838. The number of hydrogen-bond donors (Lipinski definition) is 0. The van der Waals surface area contributed by atoms with Gasteiger partial charge in [0.1, 0.15) is 0 Å². The molecular weight excluding hydrogens is 124 g/mol. The van der Waals surface area contributed by atoms with Crippen molar-refractivity contribution in [3.63, 3.8) is 0 Å². The lowest BCUT2D eigenvalue weighted by atomic mass is 10.4. The summed E-state index contributed by atoms with van der Waals surface area (Å²) in [5.74, 6) is 0. The highest BCUT2D eigenvalue weighted by Crippen LogP contribution is 2.35. The molecular formula is C8H12N2. The van der Waals surface area contributed by atoms with E-state index in [4.69, 9.17) is 0 Å². The quantitative estimate of drug-likeness (QED) is 0.576. The third-order valence-electron chi connectivity index (χ3n) is 1.94. The minimum Gasteiger partial charge on any atom is -0.267 e. The Morgan fingerprint density at radius 3 is 2.60 bits per heavy atom. The number of aromatic nitrogens is 2. The second kappa shape index (κ2) is 1.84. The first-order valence-corrected chi connectivity index (χ1v) is 3.80. The molecule has 0 bridgehead atoms. The molecule has 10 heavy (non-hydrogen) atoms. The summed E-state index contributed by atoms with van der Waals surface area (Å²) in [6.07, 6.45) is 2.64. The molecule has 0 amide bonds. The fourth-order valence-corrected chi connectivity index (χ4v) is 1.33. The van der Waals surface area contributed by atoms with E-state index >= 15 is 0 Å². The van der Waals surface area contributed by atoms with Crippen LogP contribution in [0.25, 0.3) is 0 Å². The van der Waals surface area contributed by atoms with Gasteiger partial charge in [-0.3, -0.25) is 4.68 Å². The van der Waals surface area contributed by atoms with Gasteiger partial charge in [-0.25, -0.2) is 0 Å². The molecule has 0 saturated heterocycles. The highest BCUT2D eigenvalue weighted by molar-refractivity contribution is 5.09. The minimum absolute atomic E-state index is 0.730. The summed E-state index contributed by atoms with van der Waals surface area (Å²) in [6.45, 7) is 4.17. The molecule has 1 aromatic heterocycles. The van der Waals surface area contributed by atoms with Crippen molar-refractivity contribution < 1.29 is 0 Å². The van der Waals surface area contributed by atoms with E-state index in [-0.39, 0.29) is 0 Å². The Bertz CT molecular complexity index is 246. The maximum Gasteiger partial charge on any atom is 0.0596 e. The largest absolute Gasteiger partial charge is 0.267 e. The fraction of sp³-hybridized carbons (Fsp3) is 0.625. The molecule has 2 heteroatoms. The van der Waals surface area contributed by atoms with Crippen LogP contribution in [0.3, 0.4) is 0 Å². The molecule has 1 heterocycles. The smallest absolute Gasteiger partial charge is 0.0596 e. The van der Waals surface area contributed by atoms with E-state index < -0.39 is 0 Å². The molecule has 2 rings (SSSR count). The molecule has 0 aromatic carbocycles. The zero-order valence-electron chi connectivity index (χ0n) is 6.46. The topological polar surface area (TPSA) is 17.8 Å². The predicted molar refractivity (Wildman–Crippen MR) is 40.0 cm³/mol. The van der Waals surface area contributed by atoms with Gasteiger partial charge < -0.3 is 0 Å². The molecule has 1 saturated carbocycles. The summed E-state index contributed by atoms with van der Waals surface area (Å²) in [7, 11) is 0. The van der Waals surface area contributed by atoms with Crippen LogP contribution in [-0.4, -0.2) is 9.78 Å². The number of hydrogen-bond acceptors (Lipinski definition) is 1. The van der Waals surface area contributed by atoms with Gasteiger partial charge in [-0.05, 0) is 32.8 Å². The first-order valence-electron chi connectivity index (χ1n) is 3.80. The molecule has 1 aliphatic carbocycles. The van der Waals surface area contributed by atoms with Crippen molar-refractivity contribution in [3.05, 3.63) is 17.5 Å². The van der Waals surface area contributed by atoms with Crippen molar-refractivity contribution >= 4 is 0 Å². The standard InChI is InChI=1S/C8H12N2/c1-6-5-7(2)10(9-6)8-3-4-8/h5,8H,3-4H2,1-2H3. The van der Waals surface area contributed by atoms with Crippen LogP contribution in [0, 0.1) is 13.8 Å². The Morgan fingerprint density at radius 2 is 2.20 bits per heavy atom. The lowest BCUT2D eigenvalue weighted by molar-refractivity contribution is 0.617. The molecule has 0 unspecified atom stereocenters. The predicted octanol–water partition coefficient (Wildman–Crippen LogP) is 1.83. The number of aryl methyl sites for hydroxylation is 2. The van der Waals surface area contributed by atoms with E-state index in [0.717, 1.165) is 11.7 Å². The lowest BCUT2D eigenvalue weighted by Gasteiger charge is -1.98. The van der Waals surface area contributed by atoms with Crippen LogP contribution < -0.4 is 0 Å². The summed E-state index contributed by atoms with van der Waals surface area (Å²) in [5, 5.41) is 4.39. The average Bonchev–Trinajstić information content (AvgIpc) is 2.61. The van der Waals surface area contributed by atoms with Gasteiger partial charge in [-0.2, -0.15) is 5.10 Å². The molecule has 0 spiro atoms. The van der Waals surface area contributed by atoms with E-state index in [0.29, 0.717) is 0 Å². The second-order valence-corrected chi connectivity index (χ2v) is 3.10. The fourth-order valence-electron chi connectivity index (χ4n) is 1.33. The Hall–Kier alpha value is -0.790. The van der Waals surface area contributed by atoms with Crippen molar-refractivity contribution in [2.45, 2.75) is 32.7 Å². The van der Waals surface area contributed by atoms with Crippen molar-refractivity contribution in [2.75, 3.05) is 0 Å². The summed E-state index contributed by atoms with van der Waals surface area (Å²) in [5.41, 5.74) is 2.45. The van der Waals surface area contributed by atoms with E-state index in [2.05, 4.69) is 22.8 Å². The van der Waals surface area contributed by atoms with Crippen molar-refractivity contribution in [2.24, 2.45) is 0 Å². The highest BCUT2D eigenvalue weighted by atomic mass is 15.3. The Kier molecular flexibility index (Phi) is 1.10. The van der Waals surface area contributed by atoms with Gasteiger partial charge in [0.2, 0.25) is 0 Å². The van der Waals surface area contributed by atoms with Crippen LogP contribution in [0.15, 0.2) is 6.07 Å². The van der Waals surface area contributed by atoms with Crippen molar-refractivity contribution in [1.29, 1.82) is 0 Å². The minimum atomic E-state index is 0.730. The maximum absolute atomic E-state index is 4.39. The maximum atomic E-state index is 4.39. The van der Waals surface area contributed by atoms with Crippen LogP contribution in [0.1, 0.15) is 30.3 Å². The Balaban J connectivity index is 2.38. The normalized spacial score (nSPS) is 17.8. The molecule has 0 N–H and O–H groups in total. The monoisotopic (exact) mass is 136 g/mol. The molecule has 0 radical (unpaired) electrons. The van der Waals surface area contributed by atoms with Gasteiger partial charge >= 0.3 is 0 Å². The Labute approximate surface area is 60.9 Å². The van der Waals surface area contributed by atoms with Gasteiger partial charge in [0.05, 0.1) is 11.7 Å².